The fraction of sp³-hybridized carbons (Fsp3) is 0.909. The molecule has 1 radical (unpaired) electrons. The monoisotopic (exact) mass is 187 g/mol. The topological polar surface area (TPSA) is 18.5 Å². The number of ether oxygens (including phenoxy) is 2. The van der Waals surface area contributed by atoms with Crippen molar-refractivity contribution < 1.29 is 9.47 Å². The molecule has 0 aliphatic rings. The SMILES string of the molecule is [CH2]CCCCCCOCCOCC. The van der Waals surface area contributed by atoms with Crippen LogP contribution in [0.1, 0.15) is 39.0 Å². The van der Waals surface area contributed by atoms with Gasteiger partial charge in [-0.3, -0.25) is 0 Å². The van der Waals surface area contributed by atoms with Crippen molar-refractivity contribution in [1.29, 1.82) is 0 Å². The molecule has 0 aromatic rings. The van der Waals surface area contributed by atoms with Gasteiger partial charge in [0.25, 0.3) is 0 Å². The van der Waals surface area contributed by atoms with E-state index in [9.17, 15) is 0 Å². The maximum atomic E-state index is 5.38. The van der Waals surface area contributed by atoms with Crippen LogP contribution in [0.5, 0.6) is 0 Å². The summed E-state index contributed by atoms with van der Waals surface area (Å²) in [6.45, 7) is 8.94. The molecular formula is C11H23O2. The van der Waals surface area contributed by atoms with Crippen LogP contribution in [0, 0.1) is 6.92 Å². The van der Waals surface area contributed by atoms with Crippen molar-refractivity contribution in [1.82, 2.24) is 0 Å². The Morgan fingerprint density at radius 2 is 1.54 bits per heavy atom. The van der Waals surface area contributed by atoms with Crippen LogP contribution in [0.2, 0.25) is 0 Å². The zero-order valence-corrected chi connectivity index (χ0v) is 8.89. The zero-order chi connectivity index (χ0) is 9.78. The summed E-state index contributed by atoms with van der Waals surface area (Å²) in [5, 5.41) is 0. The molecule has 0 aliphatic carbocycles. The van der Waals surface area contributed by atoms with E-state index in [1.54, 1.807) is 0 Å². The first kappa shape index (κ1) is 12.9. The van der Waals surface area contributed by atoms with Gasteiger partial charge in [-0.1, -0.05) is 32.6 Å². The van der Waals surface area contributed by atoms with Gasteiger partial charge in [0, 0.05) is 13.2 Å². The predicted octanol–water partition coefficient (Wildman–Crippen LogP) is 2.82. The van der Waals surface area contributed by atoms with Crippen molar-refractivity contribution in [2.24, 2.45) is 0 Å². The highest BCUT2D eigenvalue weighted by Crippen LogP contribution is 2.01. The third-order valence-electron chi connectivity index (χ3n) is 1.86. The van der Waals surface area contributed by atoms with E-state index in [0.717, 1.165) is 32.8 Å². The maximum absolute atomic E-state index is 5.38. The Bertz CT molecular complexity index is 74.2. The van der Waals surface area contributed by atoms with Crippen LogP contribution in [0.15, 0.2) is 0 Å². The molecule has 0 atom stereocenters. The highest BCUT2D eigenvalue weighted by molar-refractivity contribution is 4.44. The van der Waals surface area contributed by atoms with Crippen LogP contribution in [-0.4, -0.2) is 26.4 Å². The van der Waals surface area contributed by atoms with Gasteiger partial charge in [-0.05, 0) is 13.3 Å². The van der Waals surface area contributed by atoms with E-state index in [-0.39, 0.29) is 0 Å². The van der Waals surface area contributed by atoms with Crippen molar-refractivity contribution in [2.75, 3.05) is 26.4 Å². The largest absolute Gasteiger partial charge is 0.379 e. The Morgan fingerprint density at radius 1 is 0.846 bits per heavy atom. The lowest BCUT2D eigenvalue weighted by Crippen LogP contribution is -2.04. The lowest BCUT2D eigenvalue weighted by molar-refractivity contribution is 0.0513. The Morgan fingerprint density at radius 3 is 2.23 bits per heavy atom. The minimum atomic E-state index is 0.732. The first-order valence-corrected chi connectivity index (χ1v) is 5.36. The van der Waals surface area contributed by atoms with Gasteiger partial charge < -0.3 is 9.47 Å². The fourth-order valence-electron chi connectivity index (χ4n) is 1.10. The van der Waals surface area contributed by atoms with Crippen molar-refractivity contribution in [3.63, 3.8) is 0 Å². The minimum Gasteiger partial charge on any atom is -0.379 e. The van der Waals surface area contributed by atoms with Gasteiger partial charge in [0.15, 0.2) is 0 Å². The first-order chi connectivity index (χ1) is 6.41. The van der Waals surface area contributed by atoms with E-state index in [1.807, 2.05) is 6.92 Å². The Hall–Kier alpha value is -0.0800. The second-order valence-electron chi connectivity index (χ2n) is 3.08. The summed E-state index contributed by atoms with van der Waals surface area (Å²) >= 11 is 0. The first-order valence-electron chi connectivity index (χ1n) is 5.36. The van der Waals surface area contributed by atoms with Crippen LogP contribution in [0.4, 0.5) is 0 Å². The molecule has 0 aromatic carbocycles. The quantitative estimate of drug-likeness (QED) is 0.490. The van der Waals surface area contributed by atoms with E-state index < -0.39 is 0 Å². The van der Waals surface area contributed by atoms with Crippen LogP contribution < -0.4 is 0 Å². The summed E-state index contributed by atoms with van der Waals surface area (Å²) in [6.07, 6.45) is 6.04. The van der Waals surface area contributed by atoms with Gasteiger partial charge in [0.2, 0.25) is 0 Å². The van der Waals surface area contributed by atoms with Gasteiger partial charge in [-0.2, -0.15) is 0 Å². The second kappa shape index (κ2) is 11.9. The molecular weight excluding hydrogens is 164 g/mol. The number of hydrogen-bond donors (Lipinski definition) is 0. The molecule has 0 aromatic heterocycles. The van der Waals surface area contributed by atoms with Crippen molar-refractivity contribution in [3.8, 4) is 0 Å². The molecule has 0 saturated carbocycles. The van der Waals surface area contributed by atoms with E-state index in [0.29, 0.717) is 0 Å². The molecule has 0 N–H and O–H groups in total. The third kappa shape index (κ3) is 11.9. The van der Waals surface area contributed by atoms with Gasteiger partial charge in [0.05, 0.1) is 13.2 Å². The molecule has 0 fully saturated rings. The molecule has 0 bridgehead atoms. The summed E-state index contributed by atoms with van der Waals surface area (Å²) < 4.78 is 10.5. The zero-order valence-electron chi connectivity index (χ0n) is 8.89. The molecule has 2 nitrogen and oxygen atoms in total. The highest BCUT2D eigenvalue weighted by atomic mass is 16.5. The van der Waals surface area contributed by atoms with Crippen LogP contribution >= 0.6 is 0 Å². The van der Waals surface area contributed by atoms with Crippen molar-refractivity contribution >= 4 is 0 Å². The lowest BCUT2D eigenvalue weighted by Gasteiger charge is -2.03. The summed E-state index contributed by atoms with van der Waals surface area (Å²) in [6, 6.07) is 0. The van der Waals surface area contributed by atoms with Crippen LogP contribution in [-0.2, 0) is 9.47 Å². The molecule has 79 valence electrons. The van der Waals surface area contributed by atoms with Gasteiger partial charge in [-0.25, -0.2) is 0 Å². The normalized spacial score (nSPS) is 10.6. The molecule has 0 aliphatic heterocycles. The van der Waals surface area contributed by atoms with Gasteiger partial charge in [-0.15, -0.1) is 0 Å². The van der Waals surface area contributed by atoms with Crippen LogP contribution in [0.3, 0.4) is 0 Å². The Labute approximate surface area is 82.6 Å². The molecule has 0 rings (SSSR count). The lowest BCUT2D eigenvalue weighted by atomic mass is 10.2. The molecule has 0 spiro atoms. The van der Waals surface area contributed by atoms with Gasteiger partial charge >= 0.3 is 0 Å². The van der Waals surface area contributed by atoms with E-state index in [2.05, 4.69) is 6.92 Å². The summed E-state index contributed by atoms with van der Waals surface area (Å²) in [4.78, 5) is 0. The fourth-order valence-corrected chi connectivity index (χ4v) is 1.10. The smallest absolute Gasteiger partial charge is 0.0700 e. The third-order valence-corrected chi connectivity index (χ3v) is 1.86. The molecule has 0 amide bonds. The number of rotatable bonds is 10. The van der Waals surface area contributed by atoms with E-state index >= 15 is 0 Å². The predicted molar refractivity (Wildman–Crippen MR) is 55.8 cm³/mol. The average molecular weight is 187 g/mol. The summed E-state index contributed by atoms with van der Waals surface area (Å²) in [5.41, 5.74) is 0. The van der Waals surface area contributed by atoms with E-state index in [4.69, 9.17) is 9.47 Å². The maximum Gasteiger partial charge on any atom is 0.0700 e. The highest BCUT2D eigenvalue weighted by Gasteiger charge is 1.90. The van der Waals surface area contributed by atoms with Gasteiger partial charge in [0.1, 0.15) is 0 Å². The number of unbranched alkanes of at least 4 members (excludes halogenated alkanes) is 4. The van der Waals surface area contributed by atoms with E-state index in [1.165, 1.54) is 25.7 Å². The molecule has 0 heterocycles. The minimum absolute atomic E-state index is 0.732. The van der Waals surface area contributed by atoms with Crippen LogP contribution in [0.25, 0.3) is 0 Å². The molecule has 2 heteroatoms. The Kier molecular flexibility index (Phi) is 11.8. The summed E-state index contributed by atoms with van der Waals surface area (Å²) in [5.74, 6) is 0. The average Bonchev–Trinajstić information content (AvgIpc) is 2.16. The second-order valence-corrected chi connectivity index (χ2v) is 3.08. The summed E-state index contributed by atoms with van der Waals surface area (Å²) in [7, 11) is 0. The number of hydrogen-bond acceptors (Lipinski definition) is 2. The molecule has 13 heavy (non-hydrogen) atoms. The van der Waals surface area contributed by atoms with Crippen molar-refractivity contribution in [2.45, 2.75) is 39.0 Å². The molecule has 0 unspecified atom stereocenters. The van der Waals surface area contributed by atoms with Crippen molar-refractivity contribution in [3.05, 3.63) is 6.92 Å². The standard InChI is InChI=1S/C11H23O2/c1-3-5-6-7-8-9-13-11-10-12-4-2/h1,3-11H2,2H3. The Balaban J connectivity index is 2.76. The molecule has 0 saturated heterocycles.